The van der Waals surface area contributed by atoms with E-state index in [1.807, 2.05) is 0 Å². The van der Waals surface area contributed by atoms with Gasteiger partial charge in [0.05, 0.1) is 5.25 Å². The normalized spacial score (nSPS) is 16.1. The number of rotatable bonds is 2. The first kappa shape index (κ1) is 12.2. The van der Waals surface area contributed by atoms with Crippen molar-refractivity contribution in [1.82, 2.24) is 4.98 Å². The molecule has 0 saturated heterocycles. The fourth-order valence-electron chi connectivity index (χ4n) is 1.01. The highest BCUT2D eigenvalue weighted by atomic mass is 32.2. The van der Waals surface area contributed by atoms with Gasteiger partial charge >= 0.3 is 6.18 Å². The largest absolute Gasteiger partial charge is 0.433 e. The molecule has 15 heavy (non-hydrogen) atoms. The molecule has 0 aliphatic heterocycles. The van der Waals surface area contributed by atoms with E-state index in [2.05, 4.69) is 4.98 Å². The molecule has 0 saturated carbocycles. The number of hydrogen-bond acceptors (Lipinski definition) is 2. The van der Waals surface area contributed by atoms with Gasteiger partial charge in [-0.3, -0.25) is 9.19 Å². The van der Waals surface area contributed by atoms with Crippen LogP contribution in [0.1, 0.15) is 23.4 Å². The summed E-state index contributed by atoms with van der Waals surface area (Å²) in [7, 11) is -1.11. The summed E-state index contributed by atoms with van der Waals surface area (Å²) in [6, 6.07) is 2.21. The number of aromatic nitrogens is 1. The zero-order chi connectivity index (χ0) is 11.6. The number of alkyl halides is 3. The molecule has 6 heteroatoms. The Kier molecular flexibility index (Phi) is 3.49. The maximum Gasteiger partial charge on any atom is 0.433 e. The Balaban J connectivity index is 2.95. The number of nitrogens with zero attached hydrogens (tertiary/aromatic N) is 1. The van der Waals surface area contributed by atoms with Crippen LogP contribution in [0.5, 0.6) is 0 Å². The SMILES string of the molecule is C[C@H](c1ccc(C(F)(F)F)nc1)[S@@](C)=O. The van der Waals surface area contributed by atoms with Crippen LogP contribution in [0.25, 0.3) is 0 Å². The van der Waals surface area contributed by atoms with Crippen LogP contribution in [-0.4, -0.2) is 15.4 Å². The minimum atomic E-state index is -4.42. The Bertz CT molecular complexity index is 361. The summed E-state index contributed by atoms with van der Waals surface area (Å²) in [4.78, 5) is 3.29. The van der Waals surface area contributed by atoms with E-state index in [0.29, 0.717) is 5.56 Å². The highest BCUT2D eigenvalue weighted by Gasteiger charge is 2.32. The lowest BCUT2D eigenvalue weighted by molar-refractivity contribution is -0.141. The molecule has 2 nitrogen and oxygen atoms in total. The van der Waals surface area contributed by atoms with Gasteiger partial charge in [0.15, 0.2) is 0 Å². The Morgan fingerprint density at radius 2 is 2.00 bits per heavy atom. The van der Waals surface area contributed by atoms with Gasteiger partial charge in [-0.2, -0.15) is 13.2 Å². The fraction of sp³-hybridized carbons (Fsp3) is 0.444. The highest BCUT2D eigenvalue weighted by molar-refractivity contribution is 7.84. The van der Waals surface area contributed by atoms with Crippen LogP contribution in [0.2, 0.25) is 0 Å². The molecule has 0 radical (unpaired) electrons. The third kappa shape index (κ3) is 3.02. The molecule has 1 aromatic heterocycles. The molecule has 0 spiro atoms. The average Bonchev–Trinajstić information content (AvgIpc) is 2.15. The Morgan fingerprint density at radius 1 is 1.40 bits per heavy atom. The van der Waals surface area contributed by atoms with Gasteiger partial charge < -0.3 is 0 Å². The van der Waals surface area contributed by atoms with Gasteiger partial charge in [-0.15, -0.1) is 0 Å². The number of hydrogen-bond donors (Lipinski definition) is 0. The van der Waals surface area contributed by atoms with Crippen molar-refractivity contribution in [2.45, 2.75) is 18.3 Å². The lowest BCUT2D eigenvalue weighted by atomic mass is 10.2. The topological polar surface area (TPSA) is 30.0 Å². The van der Waals surface area contributed by atoms with Gasteiger partial charge in [-0.05, 0) is 18.6 Å². The summed E-state index contributed by atoms with van der Waals surface area (Å²) >= 11 is 0. The minimum Gasteiger partial charge on any atom is -0.259 e. The van der Waals surface area contributed by atoms with Gasteiger partial charge in [0.2, 0.25) is 0 Å². The predicted molar refractivity (Wildman–Crippen MR) is 51.7 cm³/mol. The van der Waals surface area contributed by atoms with Crippen molar-refractivity contribution in [2.75, 3.05) is 6.26 Å². The van der Waals surface area contributed by atoms with Crippen molar-refractivity contribution >= 4 is 10.8 Å². The first-order valence-corrected chi connectivity index (χ1v) is 5.80. The summed E-state index contributed by atoms with van der Waals surface area (Å²) < 4.78 is 47.6. The Hall–Kier alpha value is -0.910. The first-order chi connectivity index (χ1) is 6.82. The number of halogens is 3. The van der Waals surface area contributed by atoms with Crippen molar-refractivity contribution < 1.29 is 17.4 Å². The molecule has 84 valence electrons. The molecule has 0 N–H and O–H groups in total. The molecular weight excluding hydrogens is 227 g/mol. The van der Waals surface area contributed by atoms with Crippen molar-refractivity contribution in [1.29, 1.82) is 0 Å². The lowest BCUT2D eigenvalue weighted by Gasteiger charge is -2.10. The van der Waals surface area contributed by atoms with Crippen molar-refractivity contribution in [2.24, 2.45) is 0 Å². The first-order valence-electron chi connectivity index (χ1n) is 4.17. The summed E-state index contributed by atoms with van der Waals surface area (Å²) in [5.74, 6) is 0. The maximum atomic E-state index is 12.2. The molecule has 1 rings (SSSR count). The molecule has 0 aromatic carbocycles. The van der Waals surface area contributed by atoms with Crippen molar-refractivity contribution in [3.8, 4) is 0 Å². The third-order valence-electron chi connectivity index (χ3n) is 2.04. The van der Waals surface area contributed by atoms with E-state index in [9.17, 15) is 17.4 Å². The zero-order valence-electron chi connectivity index (χ0n) is 8.21. The summed E-state index contributed by atoms with van der Waals surface area (Å²) in [5.41, 5.74) is -0.385. The third-order valence-corrected chi connectivity index (χ3v) is 3.31. The number of pyridine rings is 1. The standard InChI is InChI=1S/C9H10F3NOS/c1-6(15(2)14)7-3-4-8(13-5-7)9(10,11)12/h3-6H,1-2H3/t6-,15-/m1/s1. The smallest absolute Gasteiger partial charge is 0.259 e. The van der Waals surface area contributed by atoms with Crippen LogP contribution in [0.3, 0.4) is 0 Å². The molecule has 0 fully saturated rings. The summed E-state index contributed by atoms with van der Waals surface area (Å²) in [6.45, 7) is 1.68. The van der Waals surface area contributed by atoms with Gasteiger partial charge in [0.1, 0.15) is 5.69 Å². The summed E-state index contributed by atoms with van der Waals surface area (Å²) in [5, 5.41) is -0.306. The molecule has 0 bridgehead atoms. The van der Waals surface area contributed by atoms with Crippen LogP contribution >= 0.6 is 0 Å². The van der Waals surface area contributed by atoms with Gasteiger partial charge in [0.25, 0.3) is 0 Å². The van der Waals surface area contributed by atoms with Crippen LogP contribution in [0.15, 0.2) is 18.3 Å². The molecule has 0 aliphatic carbocycles. The van der Waals surface area contributed by atoms with Crippen LogP contribution in [0.4, 0.5) is 13.2 Å². The quantitative estimate of drug-likeness (QED) is 0.791. The second kappa shape index (κ2) is 4.30. The van der Waals surface area contributed by atoms with Gasteiger partial charge in [0, 0.05) is 23.3 Å². The van der Waals surface area contributed by atoms with Gasteiger partial charge in [-0.25, -0.2) is 0 Å². The predicted octanol–water partition coefficient (Wildman–Crippen LogP) is 2.54. The van der Waals surface area contributed by atoms with E-state index in [1.54, 1.807) is 6.92 Å². The van der Waals surface area contributed by atoms with E-state index in [-0.39, 0.29) is 5.25 Å². The molecule has 1 heterocycles. The van der Waals surface area contributed by atoms with E-state index < -0.39 is 22.7 Å². The molecular formula is C9H10F3NOS. The van der Waals surface area contributed by atoms with Crippen molar-refractivity contribution in [3.05, 3.63) is 29.6 Å². The molecule has 0 amide bonds. The lowest BCUT2D eigenvalue weighted by Crippen LogP contribution is -2.09. The average molecular weight is 237 g/mol. The highest BCUT2D eigenvalue weighted by Crippen LogP contribution is 2.28. The van der Waals surface area contributed by atoms with Crippen molar-refractivity contribution in [3.63, 3.8) is 0 Å². The van der Waals surface area contributed by atoms with E-state index in [4.69, 9.17) is 0 Å². The molecule has 0 aliphatic rings. The van der Waals surface area contributed by atoms with Crippen LogP contribution in [-0.2, 0) is 17.0 Å². The Morgan fingerprint density at radius 3 is 2.33 bits per heavy atom. The molecule has 0 unspecified atom stereocenters. The van der Waals surface area contributed by atoms with E-state index >= 15 is 0 Å². The van der Waals surface area contributed by atoms with E-state index in [1.165, 1.54) is 12.3 Å². The Labute approximate surface area is 88.0 Å². The van der Waals surface area contributed by atoms with Crippen LogP contribution in [0, 0.1) is 0 Å². The van der Waals surface area contributed by atoms with Crippen LogP contribution < -0.4 is 0 Å². The maximum absolute atomic E-state index is 12.2. The second-order valence-corrected chi connectivity index (χ2v) is 4.82. The van der Waals surface area contributed by atoms with Gasteiger partial charge in [-0.1, -0.05) is 6.07 Å². The zero-order valence-corrected chi connectivity index (χ0v) is 9.02. The monoisotopic (exact) mass is 237 g/mol. The fourth-order valence-corrected chi connectivity index (χ4v) is 1.53. The summed E-state index contributed by atoms with van der Waals surface area (Å²) in [6.07, 6.45) is -1.80. The van der Waals surface area contributed by atoms with E-state index in [0.717, 1.165) is 12.3 Å². The molecule has 2 atom stereocenters. The second-order valence-electron chi connectivity index (χ2n) is 3.12. The molecule has 1 aromatic rings. The minimum absolute atomic E-state index is 0.306.